The Morgan fingerprint density at radius 1 is 1.46 bits per heavy atom. The third-order valence-electron chi connectivity index (χ3n) is 3.15. The molecule has 2 unspecified atom stereocenters. The molecule has 0 N–H and O–H groups in total. The highest BCUT2D eigenvalue weighted by atomic mass is 35.5. The minimum absolute atomic E-state index is 0.131. The van der Waals surface area contributed by atoms with E-state index < -0.39 is 22.5 Å². The van der Waals surface area contributed by atoms with Crippen molar-refractivity contribution in [3.8, 4) is 10.6 Å². The Labute approximate surface area is 155 Å². The fraction of sp³-hybridized carbons (Fsp3) is 0.357. The van der Waals surface area contributed by atoms with E-state index in [0.717, 1.165) is 11.3 Å². The highest BCUT2D eigenvalue weighted by Crippen LogP contribution is 2.38. The maximum Gasteiger partial charge on any atom is 0.231 e. The summed E-state index contributed by atoms with van der Waals surface area (Å²) in [7, 11) is 0.492. The number of aromatic nitrogens is 2. The Balaban J connectivity index is 2.29. The minimum atomic E-state index is -1.08. The monoisotopic (exact) mass is 409 g/mol. The molecular weight excluding hydrogens is 396 g/mol. The maximum absolute atomic E-state index is 13.5. The molecule has 10 heteroatoms. The molecule has 5 nitrogen and oxygen atoms in total. The summed E-state index contributed by atoms with van der Waals surface area (Å²) in [5, 5.41) is 0.756. The van der Waals surface area contributed by atoms with E-state index in [1.807, 2.05) is 0 Å². The first kappa shape index (κ1) is 19.2. The molecule has 0 aromatic carbocycles. The van der Waals surface area contributed by atoms with Crippen LogP contribution < -0.4 is 4.90 Å². The molecule has 130 valence electrons. The second kappa shape index (κ2) is 7.86. The molecule has 0 saturated heterocycles. The van der Waals surface area contributed by atoms with Crippen LogP contribution in [0.2, 0.25) is 10.3 Å². The number of carbonyl (C=O) groups is 1. The number of nitrogens with zero attached hydrogens (tertiary/aromatic N) is 3. The van der Waals surface area contributed by atoms with E-state index in [9.17, 15) is 13.4 Å². The second-order valence-electron chi connectivity index (χ2n) is 5.15. The zero-order valence-corrected chi connectivity index (χ0v) is 16.2. The van der Waals surface area contributed by atoms with Crippen LogP contribution in [0.4, 0.5) is 9.39 Å². The van der Waals surface area contributed by atoms with Gasteiger partial charge in [-0.15, -0.1) is 0 Å². The molecule has 0 aliphatic carbocycles. The molecule has 0 aliphatic heterocycles. The number of thiazole rings is 1. The van der Waals surface area contributed by atoms with Gasteiger partial charge in [0.2, 0.25) is 5.91 Å². The first-order valence-electron chi connectivity index (χ1n) is 6.76. The van der Waals surface area contributed by atoms with Gasteiger partial charge in [0.1, 0.15) is 10.0 Å². The van der Waals surface area contributed by atoms with Crippen LogP contribution in [0.5, 0.6) is 0 Å². The van der Waals surface area contributed by atoms with Crippen molar-refractivity contribution < 1.29 is 13.4 Å². The number of rotatable bonds is 5. The number of hydrogen-bond donors (Lipinski definition) is 0. The van der Waals surface area contributed by atoms with Crippen LogP contribution in [0.1, 0.15) is 6.92 Å². The summed E-state index contributed by atoms with van der Waals surface area (Å²) in [5.74, 6) is -1.04. The molecule has 2 rings (SSSR count). The van der Waals surface area contributed by atoms with E-state index in [1.54, 1.807) is 20.2 Å². The lowest BCUT2D eigenvalue weighted by atomic mass is 10.2. The van der Waals surface area contributed by atoms with Crippen molar-refractivity contribution in [2.75, 3.05) is 24.0 Å². The van der Waals surface area contributed by atoms with E-state index in [1.165, 1.54) is 17.2 Å². The smallest absolute Gasteiger partial charge is 0.231 e. The largest absolute Gasteiger partial charge is 0.304 e. The lowest BCUT2D eigenvalue weighted by molar-refractivity contribution is -0.120. The Kier molecular flexibility index (Phi) is 6.30. The fourth-order valence-electron chi connectivity index (χ4n) is 2.02. The average molecular weight is 410 g/mol. The zero-order valence-electron chi connectivity index (χ0n) is 13.0. The molecule has 2 atom stereocenters. The Hall–Kier alpha value is -1.09. The van der Waals surface area contributed by atoms with Gasteiger partial charge < -0.3 is 4.90 Å². The number of hydrogen-bond acceptors (Lipinski definition) is 5. The van der Waals surface area contributed by atoms with Gasteiger partial charge in [0.05, 0.1) is 0 Å². The van der Waals surface area contributed by atoms with E-state index >= 15 is 0 Å². The van der Waals surface area contributed by atoms with Gasteiger partial charge in [0.15, 0.2) is 16.1 Å². The van der Waals surface area contributed by atoms with Crippen molar-refractivity contribution in [3.05, 3.63) is 28.4 Å². The van der Waals surface area contributed by atoms with Gasteiger partial charge in [-0.1, -0.05) is 41.5 Å². The highest BCUT2D eigenvalue weighted by molar-refractivity contribution is 7.84. The minimum Gasteiger partial charge on any atom is -0.304 e. The van der Waals surface area contributed by atoms with Crippen molar-refractivity contribution in [1.82, 2.24) is 9.97 Å². The predicted octanol–water partition coefficient (Wildman–Crippen LogP) is 3.63. The molecule has 0 bridgehead atoms. The SMILES string of the molecule is CC(CS(C)=O)C(=O)N(C)c1sc(-c2cnc(Cl)c(F)c2)nc1Cl. The molecule has 2 aromatic heterocycles. The predicted molar refractivity (Wildman–Crippen MR) is 96.8 cm³/mol. The molecule has 24 heavy (non-hydrogen) atoms. The molecular formula is C14H14Cl2FN3O2S2. The molecule has 1 amide bonds. The quantitative estimate of drug-likeness (QED) is 0.707. The van der Waals surface area contributed by atoms with Gasteiger partial charge in [-0.25, -0.2) is 14.4 Å². The van der Waals surface area contributed by atoms with Crippen molar-refractivity contribution >= 4 is 56.2 Å². The molecule has 0 fully saturated rings. The van der Waals surface area contributed by atoms with Crippen LogP contribution in [-0.2, 0) is 15.6 Å². The van der Waals surface area contributed by atoms with E-state index in [2.05, 4.69) is 9.97 Å². The first-order chi connectivity index (χ1) is 11.2. The van der Waals surface area contributed by atoms with Crippen molar-refractivity contribution in [3.63, 3.8) is 0 Å². The van der Waals surface area contributed by atoms with Crippen LogP contribution in [0.3, 0.4) is 0 Å². The average Bonchev–Trinajstić information content (AvgIpc) is 2.89. The summed E-state index contributed by atoms with van der Waals surface area (Å²) >= 11 is 12.8. The molecule has 0 spiro atoms. The van der Waals surface area contributed by atoms with Gasteiger partial charge in [-0.05, 0) is 6.07 Å². The Morgan fingerprint density at radius 2 is 2.12 bits per heavy atom. The van der Waals surface area contributed by atoms with Gasteiger partial charge in [-0.2, -0.15) is 0 Å². The van der Waals surface area contributed by atoms with E-state index in [4.69, 9.17) is 23.2 Å². The molecule has 2 heterocycles. The molecule has 0 saturated carbocycles. The van der Waals surface area contributed by atoms with Gasteiger partial charge in [-0.3, -0.25) is 9.00 Å². The standard InChI is InChI=1S/C14H14Cl2FN3O2S2/c1-7(6-24(3)22)13(21)20(2)14-11(16)19-12(23-14)8-4-9(17)10(15)18-5-8/h4-5,7H,6H2,1-3H3. The van der Waals surface area contributed by atoms with Crippen LogP contribution in [0.15, 0.2) is 12.3 Å². The number of halogens is 3. The molecule has 0 aliphatic rings. The van der Waals surface area contributed by atoms with Gasteiger partial charge >= 0.3 is 0 Å². The van der Waals surface area contributed by atoms with Crippen LogP contribution in [0.25, 0.3) is 10.6 Å². The second-order valence-corrected chi connectivity index (χ2v) is 8.32. The fourth-order valence-corrected chi connectivity index (χ4v) is 4.25. The van der Waals surface area contributed by atoms with Gasteiger partial charge in [0.25, 0.3) is 0 Å². The lowest BCUT2D eigenvalue weighted by Crippen LogP contribution is -2.33. The zero-order chi connectivity index (χ0) is 18.0. The number of carbonyl (C=O) groups excluding carboxylic acids is 1. The van der Waals surface area contributed by atoms with Crippen LogP contribution in [-0.4, -0.2) is 39.1 Å². The first-order valence-corrected chi connectivity index (χ1v) is 10.1. The van der Waals surface area contributed by atoms with Crippen molar-refractivity contribution in [2.45, 2.75) is 6.92 Å². The summed E-state index contributed by atoms with van der Waals surface area (Å²) in [4.78, 5) is 21.7. The highest BCUT2D eigenvalue weighted by Gasteiger charge is 2.24. The number of anilines is 1. The molecule has 2 aromatic rings. The summed E-state index contributed by atoms with van der Waals surface area (Å²) < 4.78 is 24.8. The van der Waals surface area contributed by atoms with E-state index in [0.29, 0.717) is 15.6 Å². The van der Waals surface area contributed by atoms with E-state index in [-0.39, 0.29) is 22.0 Å². The normalized spacial score (nSPS) is 13.6. The summed E-state index contributed by atoms with van der Waals surface area (Å²) in [6, 6.07) is 1.21. The third-order valence-corrected chi connectivity index (χ3v) is 5.96. The van der Waals surface area contributed by atoms with Gasteiger partial charge in [0, 0.05) is 47.5 Å². The Bertz CT molecular complexity index is 800. The van der Waals surface area contributed by atoms with Crippen LogP contribution in [0, 0.1) is 11.7 Å². The summed E-state index contributed by atoms with van der Waals surface area (Å²) in [5.41, 5.74) is 0.415. The number of pyridine rings is 1. The van der Waals surface area contributed by atoms with Crippen LogP contribution >= 0.6 is 34.5 Å². The maximum atomic E-state index is 13.5. The summed E-state index contributed by atoms with van der Waals surface area (Å²) in [6.45, 7) is 1.70. The topological polar surface area (TPSA) is 63.2 Å². The van der Waals surface area contributed by atoms with Crippen molar-refractivity contribution in [2.24, 2.45) is 5.92 Å². The van der Waals surface area contributed by atoms with Crippen molar-refractivity contribution in [1.29, 1.82) is 0 Å². The molecule has 0 radical (unpaired) electrons. The summed E-state index contributed by atoms with van der Waals surface area (Å²) in [6.07, 6.45) is 2.93. The third kappa shape index (κ3) is 4.30. The lowest BCUT2D eigenvalue weighted by Gasteiger charge is -2.19. The number of amides is 1. The Morgan fingerprint density at radius 3 is 2.71 bits per heavy atom.